The number of carbonyl (C=O) groups excluding carboxylic acids is 2. The van der Waals surface area contributed by atoms with Crippen molar-refractivity contribution >= 4 is 12.0 Å². The molecule has 5 nitrogen and oxygen atoms in total. The number of amides is 2. The summed E-state index contributed by atoms with van der Waals surface area (Å²) in [4.78, 5) is 25.1. The minimum atomic E-state index is -0.522. The van der Waals surface area contributed by atoms with E-state index in [1.54, 1.807) is 0 Å². The normalized spacial score (nSPS) is 13.0. The molecule has 164 valence electrons. The van der Waals surface area contributed by atoms with E-state index in [4.69, 9.17) is 4.74 Å². The Morgan fingerprint density at radius 3 is 1.97 bits per heavy atom. The van der Waals surface area contributed by atoms with Crippen LogP contribution in [0.15, 0.2) is 30.3 Å². The predicted octanol–water partition coefficient (Wildman–Crippen LogP) is 5.30. The van der Waals surface area contributed by atoms with E-state index in [1.165, 1.54) is 0 Å². The molecule has 0 aromatic heterocycles. The van der Waals surface area contributed by atoms with Gasteiger partial charge in [0.15, 0.2) is 0 Å². The Kier molecular flexibility index (Phi) is 7.92. The van der Waals surface area contributed by atoms with Crippen LogP contribution in [0.1, 0.15) is 74.3 Å². The van der Waals surface area contributed by atoms with Crippen molar-refractivity contribution in [3.63, 3.8) is 0 Å². The maximum atomic E-state index is 13.0. The van der Waals surface area contributed by atoms with Gasteiger partial charge in [-0.3, -0.25) is 4.79 Å². The Morgan fingerprint density at radius 2 is 1.45 bits per heavy atom. The summed E-state index contributed by atoms with van der Waals surface area (Å²) >= 11 is 0. The molecule has 0 aliphatic rings. The topological polar surface area (TPSA) is 67.4 Å². The predicted molar refractivity (Wildman–Crippen MR) is 118 cm³/mol. The Morgan fingerprint density at radius 1 is 0.897 bits per heavy atom. The highest BCUT2D eigenvalue weighted by molar-refractivity contribution is 5.82. The number of nitrogens with one attached hydrogen (secondary N) is 2. The SMILES string of the molecule is CC(C)(C)CC(C)(C)C(=O)NC(C)(C)C(C)(C)CNC(=O)OCc1ccccc1. The van der Waals surface area contributed by atoms with Gasteiger partial charge in [-0.15, -0.1) is 0 Å². The summed E-state index contributed by atoms with van der Waals surface area (Å²) in [6.07, 6.45) is 0.323. The molecule has 5 heteroatoms. The Hall–Kier alpha value is -2.04. The Balaban J connectivity index is 2.64. The van der Waals surface area contributed by atoms with Crippen molar-refractivity contribution in [2.45, 2.75) is 80.9 Å². The molecule has 0 atom stereocenters. The summed E-state index contributed by atoms with van der Waals surface area (Å²) in [7, 11) is 0. The van der Waals surface area contributed by atoms with Crippen molar-refractivity contribution in [1.82, 2.24) is 10.6 Å². The fourth-order valence-corrected chi connectivity index (χ4v) is 3.32. The van der Waals surface area contributed by atoms with Crippen LogP contribution in [-0.2, 0) is 16.1 Å². The molecule has 1 rings (SSSR count). The van der Waals surface area contributed by atoms with E-state index < -0.39 is 17.0 Å². The molecule has 1 aromatic rings. The molecule has 0 aliphatic carbocycles. The van der Waals surface area contributed by atoms with Gasteiger partial charge in [0.05, 0.1) is 0 Å². The van der Waals surface area contributed by atoms with E-state index in [0.29, 0.717) is 6.54 Å². The molecule has 0 fully saturated rings. The molecule has 0 unspecified atom stereocenters. The van der Waals surface area contributed by atoms with Gasteiger partial charge in [-0.2, -0.15) is 0 Å². The zero-order chi connectivity index (χ0) is 22.5. The van der Waals surface area contributed by atoms with Crippen molar-refractivity contribution in [3.8, 4) is 0 Å². The summed E-state index contributed by atoms with van der Waals surface area (Å²) < 4.78 is 5.29. The van der Waals surface area contributed by atoms with Crippen LogP contribution in [0.25, 0.3) is 0 Å². The lowest BCUT2D eigenvalue weighted by Crippen LogP contribution is -2.59. The van der Waals surface area contributed by atoms with Gasteiger partial charge in [-0.05, 0) is 31.2 Å². The van der Waals surface area contributed by atoms with Gasteiger partial charge in [0.1, 0.15) is 6.61 Å². The lowest BCUT2D eigenvalue weighted by atomic mass is 9.72. The molecule has 29 heavy (non-hydrogen) atoms. The molecular weight excluding hydrogens is 364 g/mol. The van der Waals surface area contributed by atoms with E-state index in [1.807, 2.05) is 71.9 Å². The van der Waals surface area contributed by atoms with Crippen LogP contribution >= 0.6 is 0 Å². The number of hydrogen-bond acceptors (Lipinski definition) is 3. The minimum Gasteiger partial charge on any atom is -0.445 e. The zero-order valence-electron chi connectivity index (χ0n) is 19.7. The summed E-state index contributed by atoms with van der Waals surface area (Å²) in [6.45, 7) is 19.0. The lowest BCUT2D eigenvalue weighted by molar-refractivity contribution is -0.134. The summed E-state index contributed by atoms with van der Waals surface area (Å²) in [5.74, 6) is 0.0251. The van der Waals surface area contributed by atoms with Gasteiger partial charge in [-0.25, -0.2) is 4.79 Å². The molecule has 0 saturated heterocycles. The molecule has 0 heterocycles. The van der Waals surface area contributed by atoms with Crippen LogP contribution in [-0.4, -0.2) is 24.1 Å². The maximum Gasteiger partial charge on any atom is 0.407 e. The molecule has 0 saturated carbocycles. The fraction of sp³-hybridized carbons (Fsp3) is 0.667. The number of rotatable bonds is 8. The molecule has 0 radical (unpaired) electrons. The average Bonchev–Trinajstić information content (AvgIpc) is 2.56. The zero-order valence-corrected chi connectivity index (χ0v) is 19.7. The summed E-state index contributed by atoms with van der Waals surface area (Å²) in [5, 5.41) is 6.05. The van der Waals surface area contributed by atoms with Crippen LogP contribution < -0.4 is 10.6 Å². The standard InChI is InChI=1S/C24H40N2O3/c1-21(2,3)16-22(4,5)19(27)26-24(8,9)23(6,7)17-25-20(28)29-15-18-13-11-10-12-14-18/h10-14H,15-17H2,1-9H3,(H,25,28)(H,26,27). The Bertz CT molecular complexity index is 686. The van der Waals surface area contributed by atoms with E-state index in [-0.39, 0.29) is 23.3 Å². The van der Waals surface area contributed by atoms with Gasteiger partial charge < -0.3 is 15.4 Å². The molecule has 2 amide bonds. The average molecular weight is 405 g/mol. The largest absolute Gasteiger partial charge is 0.445 e. The third-order valence-corrected chi connectivity index (χ3v) is 5.59. The fourth-order valence-electron chi connectivity index (χ4n) is 3.32. The van der Waals surface area contributed by atoms with Crippen molar-refractivity contribution in [3.05, 3.63) is 35.9 Å². The molecule has 0 aliphatic heterocycles. The number of alkyl carbamates (subject to hydrolysis) is 1. The molecular formula is C24H40N2O3. The number of ether oxygens (including phenoxy) is 1. The van der Waals surface area contributed by atoms with Gasteiger partial charge in [0.25, 0.3) is 0 Å². The van der Waals surface area contributed by atoms with Crippen molar-refractivity contribution in [2.75, 3.05) is 6.54 Å². The van der Waals surface area contributed by atoms with Crippen LogP contribution in [0.4, 0.5) is 4.79 Å². The first kappa shape index (κ1) is 25.0. The third-order valence-electron chi connectivity index (χ3n) is 5.59. The van der Waals surface area contributed by atoms with Crippen molar-refractivity contribution in [1.29, 1.82) is 0 Å². The molecule has 1 aromatic carbocycles. The highest BCUT2D eigenvalue weighted by Gasteiger charge is 2.42. The summed E-state index contributed by atoms with van der Waals surface area (Å²) in [6, 6.07) is 9.56. The van der Waals surface area contributed by atoms with Crippen LogP contribution in [0.3, 0.4) is 0 Å². The summed E-state index contributed by atoms with van der Waals surface area (Å²) in [5.41, 5.74) is -0.383. The Labute approximate surface area is 177 Å². The number of carbonyl (C=O) groups is 2. The molecule has 2 N–H and O–H groups in total. The van der Waals surface area contributed by atoms with Crippen molar-refractivity contribution < 1.29 is 14.3 Å². The first-order valence-corrected chi connectivity index (χ1v) is 10.3. The highest BCUT2D eigenvalue weighted by Crippen LogP contribution is 2.36. The van der Waals surface area contributed by atoms with Crippen LogP contribution in [0.2, 0.25) is 0 Å². The van der Waals surface area contributed by atoms with Crippen LogP contribution in [0, 0.1) is 16.2 Å². The van der Waals surface area contributed by atoms with Gasteiger partial charge in [0, 0.05) is 22.9 Å². The monoisotopic (exact) mass is 404 g/mol. The molecule has 0 spiro atoms. The molecule has 0 bridgehead atoms. The quantitative estimate of drug-likeness (QED) is 0.618. The van der Waals surface area contributed by atoms with E-state index >= 15 is 0 Å². The second-order valence-corrected chi connectivity index (χ2v) is 11.0. The maximum absolute atomic E-state index is 13.0. The van der Waals surface area contributed by atoms with Crippen LogP contribution in [0.5, 0.6) is 0 Å². The van der Waals surface area contributed by atoms with Gasteiger partial charge >= 0.3 is 6.09 Å². The number of hydrogen-bond donors (Lipinski definition) is 2. The van der Waals surface area contributed by atoms with Gasteiger partial charge in [0.2, 0.25) is 5.91 Å². The van der Waals surface area contributed by atoms with E-state index in [9.17, 15) is 9.59 Å². The minimum absolute atomic E-state index is 0.0251. The number of benzene rings is 1. The third kappa shape index (κ3) is 8.08. The van der Waals surface area contributed by atoms with Crippen molar-refractivity contribution in [2.24, 2.45) is 16.2 Å². The van der Waals surface area contributed by atoms with E-state index in [2.05, 4.69) is 31.4 Å². The first-order chi connectivity index (χ1) is 13.1. The van der Waals surface area contributed by atoms with Gasteiger partial charge in [-0.1, -0.05) is 78.8 Å². The lowest BCUT2D eigenvalue weighted by Gasteiger charge is -2.44. The second kappa shape index (κ2) is 9.19. The second-order valence-electron chi connectivity index (χ2n) is 11.0. The highest BCUT2D eigenvalue weighted by atomic mass is 16.5. The smallest absolute Gasteiger partial charge is 0.407 e. The first-order valence-electron chi connectivity index (χ1n) is 10.3. The van der Waals surface area contributed by atoms with E-state index in [0.717, 1.165) is 12.0 Å².